The van der Waals surface area contributed by atoms with Gasteiger partial charge in [0.2, 0.25) is 15.9 Å². The Bertz CT molecular complexity index is 1330. The third kappa shape index (κ3) is 5.58. The number of carbonyl (C=O) groups excluding carboxylic acids is 1. The molecule has 0 unspecified atom stereocenters. The number of hydrogen-bond acceptors (Lipinski definition) is 5. The molecule has 9 heteroatoms. The number of nitrogens with one attached hydrogen (secondary N) is 1. The Balaban J connectivity index is 1.47. The molecule has 34 heavy (non-hydrogen) atoms. The molecule has 1 N–H and O–H groups in total. The van der Waals surface area contributed by atoms with E-state index < -0.39 is 16.1 Å². The summed E-state index contributed by atoms with van der Waals surface area (Å²) in [4.78, 5) is 19.7. The van der Waals surface area contributed by atoms with Crippen molar-refractivity contribution in [1.82, 2.24) is 9.71 Å². The highest BCUT2D eigenvalue weighted by Crippen LogP contribution is 2.33. The van der Waals surface area contributed by atoms with E-state index in [-0.39, 0.29) is 11.3 Å². The molecule has 178 valence electrons. The standard InChI is InChI=1S/C25H26ClN3O3S2/c1-25(2,3)20-7-5-4-6-19(20)17-8-11-23(27-16-17)29-14-12-21(24(29)30)28-34(31,32)15-13-18-9-10-22(26)33-18/h4-11,13,15-16,21,28H,12,14H2,1-3H3/b15-13+/t21-/m0/s1. The minimum Gasteiger partial charge on any atom is -0.295 e. The summed E-state index contributed by atoms with van der Waals surface area (Å²) in [5.41, 5.74) is 3.27. The Hall–Kier alpha value is -2.52. The maximum atomic E-state index is 12.9. The average molecular weight is 516 g/mol. The number of benzene rings is 1. The van der Waals surface area contributed by atoms with Gasteiger partial charge in [0.15, 0.2) is 0 Å². The predicted molar refractivity (Wildman–Crippen MR) is 140 cm³/mol. The number of aromatic nitrogens is 1. The number of anilines is 1. The smallest absolute Gasteiger partial charge is 0.246 e. The molecule has 0 saturated carbocycles. The summed E-state index contributed by atoms with van der Waals surface area (Å²) in [6, 6.07) is 14.6. The largest absolute Gasteiger partial charge is 0.295 e. The first-order valence-corrected chi connectivity index (χ1v) is 13.6. The van der Waals surface area contributed by atoms with E-state index in [0.717, 1.165) is 16.5 Å². The quantitative estimate of drug-likeness (QED) is 0.473. The number of sulfonamides is 1. The molecule has 0 radical (unpaired) electrons. The Kier molecular flexibility index (Phi) is 6.96. The van der Waals surface area contributed by atoms with Crippen LogP contribution in [0.2, 0.25) is 4.34 Å². The Morgan fingerprint density at radius 1 is 1.15 bits per heavy atom. The summed E-state index contributed by atoms with van der Waals surface area (Å²) in [6.07, 6.45) is 3.60. The fraction of sp³-hybridized carbons (Fsp3) is 0.280. The van der Waals surface area contributed by atoms with E-state index in [1.807, 2.05) is 24.3 Å². The summed E-state index contributed by atoms with van der Waals surface area (Å²) < 4.78 is 28.0. The van der Waals surface area contributed by atoms with Crippen molar-refractivity contribution < 1.29 is 13.2 Å². The molecule has 3 heterocycles. The van der Waals surface area contributed by atoms with Gasteiger partial charge in [-0.1, -0.05) is 56.6 Å². The first-order chi connectivity index (χ1) is 16.0. The third-order valence-corrected chi connectivity index (χ3v) is 7.89. The molecule has 0 bridgehead atoms. The zero-order valence-electron chi connectivity index (χ0n) is 19.2. The first-order valence-electron chi connectivity index (χ1n) is 10.9. The molecule has 1 atom stereocenters. The molecule has 3 aromatic rings. The van der Waals surface area contributed by atoms with E-state index in [1.165, 1.54) is 27.9 Å². The molecule has 6 nitrogen and oxygen atoms in total. The van der Waals surface area contributed by atoms with E-state index >= 15 is 0 Å². The fourth-order valence-corrected chi connectivity index (χ4v) is 5.99. The van der Waals surface area contributed by atoms with Crippen molar-refractivity contribution in [2.45, 2.75) is 38.6 Å². The molecule has 0 aliphatic carbocycles. The van der Waals surface area contributed by atoms with Gasteiger partial charge in [-0.25, -0.2) is 13.4 Å². The molecule has 1 amide bonds. The molecule has 1 aliphatic heterocycles. The van der Waals surface area contributed by atoms with Crippen molar-refractivity contribution in [2.24, 2.45) is 0 Å². The Labute approximate surface area is 209 Å². The van der Waals surface area contributed by atoms with Gasteiger partial charge in [0.1, 0.15) is 11.9 Å². The minimum absolute atomic E-state index is 0.0191. The second kappa shape index (κ2) is 9.62. The van der Waals surface area contributed by atoms with Crippen LogP contribution in [0.15, 0.2) is 60.1 Å². The second-order valence-electron chi connectivity index (χ2n) is 9.14. The number of carbonyl (C=O) groups is 1. The van der Waals surface area contributed by atoms with Gasteiger partial charge in [-0.15, -0.1) is 11.3 Å². The topological polar surface area (TPSA) is 79.4 Å². The number of amides is 1. The zero-order chi connectivity index (χ0) is 24.5. The lowest BCUT2D eigenvalue weighted by atomic mass is 9.82. The number of halogens is 1. The van der Waals surface area contributed by atoms with Crippen LogP contribution >= 0.6 is 22.9 Å². The molecular formula is C25H26ClN3O3S2. The number of rotatable bonds is 6. The van der Waals surface area contributed by atoms with Crippen molar-refractivity contribution in [3.63, 3.8) is 0 Å². The van der Waals surface area contributed by atoms with Crippen molar-refractivity contribution in [3.05, 3.63) is 74.9 Å². The van der Waals surface area contributed by atoms with Crippen LogP contribution < -0.4 is 9.62 Å². The SMILES string of the molecule is CC(C)(C)c1ccccc1-c1ccc(N2CC[C@H](NS(=O)(=O)/C=C/c3ccc(Cl)s3)C2=O)nc1. The van der Waals surface area contributed by atoms with E-state index in [4.69, 9.17) is 11.6 Å². The van der Waals surface area contributed by atoms with Crippen molar-refractivity contribution in [3.8, 4) is 11.1 Å². The van der Waals surface area contributed by atoms with E-state index in [2.05, 4.69) is 42.6 Å². The van der Waals surface area contributed by atoms with Gasteiger partial charge >= 0.3 is 0 Å². The van der Waals surface area contributed by atoms with Crippen LogP contribution in [0.3, 0.4) is 0 Å². The van der Waals surface area contributed by atoms with Crippen LogP contribution in [-0.4, -0.2) is 31.9 Å². The van der Waals surface area contributed by atoms with E-state index in [9.17, 15) is 13.2 Å². The summed E-state index contributed by atoms with van der Waals surface area (Å²) in [5, 5.41) is 1.06. The molecule has 1 aromatic carbocycles. The van der Waals surface area contributed by atoms with Gasteiger partial charge < -0.3 is 0 Å². The molecule has 1 aliphatic rings. The Morgan fingerprint density at radius 2 is 1.91 bits per heavy atom. The van der Waals surface area contributed by atoms with Crippen molar-refractivity contribution in [2.75, 3.05) is 11.4 Å². The van der Waals surface area contributed by atoms with Crippen LogP contribution in [0, 0.1) is 0 Å². The minimum atomic E-state index is -3.79. The molecular weight excluding hydrogens is 490 g/mol. The van der Waals surface area contributed by atoms with Crippen LogP contribution in [0.1, 0.15) is 37.6 Å². The monoisotopic (exact) mass is 515 g/mol. The summed E-state index contributed by atoms with van der Waals surface area (Å²) in [6.45, 7) is 6.90. The van der Waals surface area contributed by atoms with Gasteiger partial charge in [-0.3, -0.25) is 9.69 Å². The summed E-state index contributed by atoms with van der Waals surface area (Å²) in [7, 11) is -3.79. The highest BCUT2D eigenvalue weighted by Gasteiger charge is 2.35. The van der Waals surface area contributed by atoms with E-state index in [0.29, 0.717) is 28.0 Å². The van der Waals surface area contributed by atoms with Gasteiger partial charge in [-0.05, 0) is 53.3 Å². The van der Waals surface area contributed by atoms with Gasteiger partial charge in [0.05, 0.1) is 4.34 Å². The predicted octanol–water partition coefficient (Wildman–Crippen LogP) is 5.46. The van der Waals surface area contributed by atoms with Crippen molar-refractivity contribution >= 4 is 50.8 Å². The zero-order valence-corrected chi connectivity index (χ0v) is 21.5. The second-order valence-corrected chi connectivity index (χ2v) is 12.5. The maximum absolute atomic E-state index is 12.9. The Morgan fingerprint density at radius 3 is 2.56 bits per heavy atom. The first kappa shape index (κ1) is 24.6. The molecule has 1 saturated heterocycles. The van der Waals surface area contributed by atoms with Crippen LogP contribution in [0.5, 0.6) is 0 Å². The summed E-state index contributed by atoms with van der Waals surface area (Å²) >= 11 is 7.15. The van der Waals surface area contributed by atoms with Crippen LogP contribution in [0.25, 0.3) is 17.2 Å². The number of pyridine rings is 1. The van der Waals surface area contributed by atoms with Gasteiger partial charge in [0.25, 0.3) is 0 Å². The lowest BCUT2D eigenvalue weighted by molar-refractivity contribution is -0.118. The van der Waals surface area contributed by atoms with Crippen LogP contribution in [-0.2, 0) is 20.2 Å². The summed E-state index contributed by atoms with van der Waals surface area (Å²) in [5.74, 6) is 0.193. The van der Waals surface area contributed by atoms with Gasteiger partial charge in [0, 0.05) is 28.6 Å². The van der Waals surface area contributed by atoms with E-state index in [1.54, 1.807) is 18.3 Å². The van der Waals surface area contributed by atoms with Crippen molar-refractivity contribution in [1.29, 1.82) is 0 Å². The normalized spacial score (nSPS) is 17.1. The number of thiophene rings is 1. The number of hydrogen-bond donors (Lipinski definition) is 1. The lowest BCUT2D eigenvalue weighted by Crippen LogP contribution is -2.40. The maximum Gasteiger partial charge on any atom is 0.246 e. The lowest BCUT2D eigenvalue weighted by Gasteiger charge is -2.23. The van der Waals surface area contributed by atoms with Gasteiger partial charge in [-0.2, -0.15) is 4.72 Å². The highest BCUT2D eigenvalue weighted by atomic mass is 35.5. The number of nitrogens with zero attached hydrogens (tertiary/aromatic N) is 2. The van der Waals surface area contributed by atoms with Crippen LogP contribution in [0.4, 0.5) is 5.82 Å². The molecule has 1 fully saturated rings. The average Bonchev–Trinajstić information content (AvgIpc) is 3.37. The third-order valence-electron chi connectivity index (χ3n) is 5.59. The molecule has 4 rings (SSSR count). The molecule has 0 spiro atoms. The molecule has 2 aromatic heterocycles. The highest BCUT2D eigenvalue weighted by molar-refractivity contribution is 7.92. The fourth-order valence-electron chi connectivity index (χ4n) is 3.92.